The van der Waals surface area contributed by atoms with Crippen molar-refractivity contribution in [2.45, 2.75) is 24.9 Å². The molecule has 11 heavy (non-hydrogen) atoms. The molecular weight excluding hydrogens is 151 g/mol. The maximum absolute atomic E-state index is 12.3. The topological polar surface area (TPSA) is 57.5 Å². The number of hydrogen-bond acceptors (Lipinski definition) is 2. The molecule has 0 aromatic heterocycles. The van der Waals surface area contributed by atoms with Crippen LogP contribution in [0.5, 0.6) is 0 Å². The van der Waals surface area contributed by atoms with Gasteiger partial charge in [0.2, 0.25) is 0 Å². The molecule has 3 nitrogen and oxygen atoms in total. The van der Waals surface area contributed by atoms with E-state index in [2.05, 4.69) is 0 Å². The molecule has 1 aliphatic carbocycles. The van der Waals surface area contributed by atoms with Crippen LogP contribution in [0.15, 0.2) is 11.9 Å². The van der Waals surface area contributed by atoms with E-state index >= 15 is 0 Å². The van der Waals surface area contributed by atoms with Gasteiger partial charge in [0.25, 0.3) is 0 Å². The highest BCUT2D eigenvalue weighted by Gasteiger charge is 2.37. The number of carbonyl (C=O) groups is 1. The molecule has 0 saturated heterocycles. The van der Waals surface area contributed by atoms with Crippen molar-refractivity contribution in [3.8, 4) is 0 Å². The van der Waals surface area contributed by atoms with Crippen molar-refractivity contribution in [2.75, 3.05) is 0 Å². The van der Waals surface area contributed by atoms with E-state index in [0.29, 0.717) is 0 Å². The first-order valence-electron chi connectivity index (χ1n) is 3.35. The molecule has 1 unspecified atom stereocenters. The van der Waals surface area contributed by atoms with Crippen molar-refractivity contribution in [1.29, 1.82) is 0 Å². The van der Waals surface area contributed by atoms with E-state index in [0.717, 1.165) is 6.08 Å². The van der Waals surface area contributed by atoms with Crippen LogP contribution in [-0.2, 0) is 4.79 Å². The van der Waals surface area contributed by atoms with Crippen LogP contribution in [0.25, 0.3) is 0 Å². The van der Waals surface area contributed by atoms with Gasteiger partial charge in [-0.2, -0.15) is 0 Å². The maximum Gasteiger partial charge on any atom is 0.336 e. The van der Waals surface area contributed by atoms with Crippen molar-refractivity contribution in [3.63, 3.8) is 0 Å². The largest absolute Gasteiger partial charge is 0.479 e. The van der Waals surface area contributed by atoms with Gasteiger partial charge in [-0.25, -0.2) is 9.18 Å². The number of allylic oxidation sites excluding steroid dienone is 1. The molecule has 0 aliphatic heterocycles. The number of hydrogen-bond donors (Lipinski definition) is 2. The highest BCUT2D eigenvalue weighted by atomic mass is 19.1. The van der Waals surface area contributed by atoms with Gasteiger partial charge in [-0.1, -0.05) is 0 Å². The molecule has 0 heterocycles. The Morgan fingerprint density at radius 2 is 2.36 bits per heavy atom. The Balaban J connectivity index is 2.71. The van der Waals surface area contributed by atoms with Gasteiger partial charge >= 0.3 is 5.97 Å². The first kappa shape index (κ1) is 8.20. The summed E-state index contributed by atoms with van der Waals surface area (Å²) in [6, 6.07) is 0. The Morgan fingerprint density at radius 1 is 1.73 bits per heavy atom. The van der Waals surface area contributed by atoms with Gasteiger partial charge in [0, 0.05) is 12.8 Å². The number of aliphatic hydroxyl groups is 1. The molecule has 4 heteroatoms. The third kappa shape index (κ3) is 1.57. The molecule has 1 atom stereocenters. The summed E-state index contributed by atoms with van der Waals surface area (Å²) in [5.41, 5.74) is -1.74. The minimum absolute atomic E-state index is 0.0167. The van der Waals surface area contributed by atoms with Crippen LogP contribution >= 0.6 is 0 Å². The predicted molar refractivity (Wildman–Crippen MR) is 35.6 cm³/mol. The Labute approximate surface area is 63.1 Å². The zero-order chi connectivity index (χ0) is 8.48. The van der Waals surface area contributed by atoms with Gasteiger partial charge in [0.1, 0.15) is 0 Å². The summed E-state index contributed by atoms with van der Waals surface area (Å²) in [6.45, 7) is 0. The second kappa shape index (κ2) is 2.62. The Morgan fingerprint density at radius 3 is 2.73 bits per heavy atom. The summed E-state index contributed by atoms with van der Waals surface area (Å²) in [4.78, 5) is 10.4. The monoisotopic (exact) mass is 160 g/mol. The molecule has 0 radical (unpaired) electrons. The van der Waals surface area contributed by atoms with E-state index < -0.39 is 11.6 Å². The molecule has 62 valence electrons. The molecular formula is C7H9FO3. The molecule has 2 N–H and O–H groups in total. The molecule has 0 spiro atoms. The first-order valence-corrected chi connectivity index (χ1v) is 3.35. The van der Waals surface area contributed by atoms with Crippen LogP contribution in [-0.4, -0.2) is 21.8 Å². The van der Waals surface area contributed by atoms with E-state index in [1.165, 1.54) is 0 Å². The zero-order valence-corrected chi connectivity index (χ0v) is 5.88. The number of carboxylic acid groups (broad SMARTS) is 1. The van der Waals surface area contributed by atoms with E-state index in [-0.39, 0.29) is 25.1 Å². The third-order valence-electron chi connectivity index (χ3n) is 1.84. The maximum atomic E-state index is 12.3. The Hall–Kier alpha value is -0.900. The summed E-state index contributed by atoms with van der Waals surface area (Å²) in [7, 11) is 0. The van der Waals surface area contributed by atoms with E-state index in [1.807, 2.05) is 0 Å². The minimum Gasteiger partial charge on any atom is -0.479 e. The van der Waals surface area contributed by atoms with Gasteiger partial charge < -0.3 is 10.2 Å². The van der Waals surface area contributed by atoms with Crippen LogP contribution in [0.4, 0.5) is 4.39 Å². The van der Waals surface area contributed by atoms with Crippen LogP contribution in [0, 0.1) is 0 Å². The lowest BCUT2D eigenvalue weighted by atomic mass is 9.89. The smallest absolute Gasteiger partial charge is 0.336 e. The molecule has 1 aliphatic rings. The average Bonchev–Trinajstić information content (AvgIpc) is 1.95. The van der Waals surface area contributed by atoms with Crippen molar-refractivity contribution < 1.29 is 19.4 Å². The average molecular weight is 160 g/mol. The zero-order valence-electron chi connectivity index (χ0n) is 5.88. The van der Waals surface area contributed by atoms with Gasteiger partial charge in [0.05, 0.1) is 5.83 Å². The second-order valence-electron chi connectivity index (χ2n) is 2.69. The number of carboxylic acids is 1. The number of halogens is 1. The van der Waals surface area contributed by atoms with Gasteiger partial charge in [-0.15, -0.1) is 0 Å². The minimum atomic E-state index is -1.74. The normalized spacial score (nSPS) is 31.3. The summed E-state index contributed by atoms with van der Waals surface area (Å²) < 4.78 is 12.3. The number of aliphatic carboxylic acids is 1. The lowest BCUT2D eigenvalue weighted by Gasteiger charge is -2.24. The SMILES string of the molecule is O=C(O)C1(O)CC=C(F)CC1. The summed E-state index contributed by atoms with van der Waals surface area (Å²) in [5, 5.41) is 17.7. The standard InChI is InChI=1S/C7H9FO3/c8-5-1-3-7(11,4-2-5)6(9)10/h1,11H,2-4H2,(H,9,10). The lowest BCUT2D eigenvalue weighted by Crippen LogP contribution is -2.39. The fourth-order valence-electron chi connectivity index (χ4n) is 1.00. The second-order valence-corrected chi connectivity index (χ2v) is 2.69. The number of rotatable bonds is 1. The van der Waals surface area contributed by atoms with Crippen molar-refractivity contribution in [1.82, 2.24) is 0 Å². The fraction of sp³-hybridized carbons (Fsp3) is 0.571. The molecule has 0 aromatic carbocycles. The lowest BCUT2D eigenvalue weighted by molar-refractivity contribution is -0.159. The fourth-order valence-corrected chi connectivity index (χ4v) is 1.00. The Kier molecular flexibility index (Phi) is 1.95. The highest BCUT2D eigenvalue weighted by molar-refractivity contribution is 5.77. The first-order chi connectivity index (χ1) is 5.04. The Bertz CT molecular complexity index is 212. The van der Waals surface area contributed by atoms with E-state index in [9.17, 15) is 14.3 Å². The molecule has 0 saturated carbocycles. The van der Waals surface area contributed by atoms with Crippen LogP contribution in [0.1, 0.15) is 19.3 Å². The van der Waals surface area contributed by atoms with Crippen LogP contribution < -0.4 is 0 Å². The highest BCUT2D eigenvalue weighted by Crippen LogP contribution is 2.27. The molecule has 0 fully saturated rings. The van der Waals surface area contributed by atoms with Gasteiger partial charge in [0.15, 0.2) is 5.60 Å². The van der Waals surface area contributed by atoms with Gasteiger partial charge in [-0.05, 0) is 12.5 Å². The van der Waals surface area contributed by atoms with Crippen LogP contribution in [0.2, 0.25) is 0 Å². The predicted octanol–water partition coefficient (Wildman–Crippen LogP) is 0.839. The van der Waals surface area contributed by atoms with E-state index in [1.54, 1.807) is 0 Å². The van der Waals surface area contributed by atoms with Crippen molar-refractivity contribution >= 4 is 5.97 Å². The molecule has 0 aromatic rings. The van der Waals surface area contributed by atoms with Crippen LogP contribution in [0.3, 0.4) is 0 Å². The molecule has 1 rings (SSSR count). The summed E-state index contributed by atoms with van der Waals surface area (Å²) >= 11 is 0. The summed E-state index contributed by atoms with van der Waals surface area (Å²) in [5.74, 6) is -1.61. The quantitative estimate of drug-likeness (QED) is 0.597. The van der Waals surface area contributed by atoms with Crippen molar-refractivity contribution in [3.05, 3.63) is 11.9 Å². The molecule has 0 amide bonds. The van der Waals surface area contributed by atoms with Gasteiger partial charge in [-0.3, -0.25) is 0 Å². The van der Waals surface area contributed by atoms with E-state index in [4.69, 9.17) is 5.11 Å². The molecule has 0 bridgehead atoms. The van der Waals surface area contributed by atoms with Crippen molar-refractivity contribution in [2.24, 2.45) is 0 Å². The third-order valence-corrected chi connectivity index (χ3v) is 1.84. The summed E-state index contributed by atoms with van der Waals surface area (Å²) in [6.07, 6.45) is 0.971.